The van der Waals surface area contributed by atoms with Crippen LogP contribution in [0.1, 0.15) is 40.4 Å². The number of hydrogen-bond acceptors (Lipinski definition) is 7. The maximum Gasteiger partial charge on any atom is 0.252 e. The highest BCUT2D eigenvalue weighted by Gasteiger charge is 2.19. The molecule has 0 fully saturated rings. The third kappa shape index (κ3) is 5.21. The molecule has 2 heterocycles. The molecule has 3 rings (SSSR count). The zero-order chi connectivity index (χ0) is 21.0. The number of thioether (sulfide) groups is 1. The Kier molecular flexibility index (Phi) is 6.65. The van der Waals surface area contributed by atoms with Crippen LogP contribution in [0.2, 0.25) is 0 Å². The topological polar surface area (TPSA) is 102 Å². The second-order valence-electron chi connectivity index (χ2n) is 6.54. The molecular weight excluding hydrogens is 408 g/mol. The normalized spacial score (nSPS) is 11.9. The first-order chi connectivity index (χ1) is 13.8. The van der Waals surface area contributed by atoms with Crippen molar-refractivity contribution in [2.45, 2.75) is 32.0 Å². The number of nitrogens with zero attached hydrogens (tertiary/aromatic N) is 4. The highest BCUT2D eigenvalue weighted by atomic mass is 32.2. The van der Waals surface area contributed by atoms with Gasteiger partial charge in [0.1, 0.15) is 0 Å². The van der Waals surface area contributed by atoms with Gasteiger partial charge in [-0.1, -0.05) is 30.0 Å². The minimum absolute atomic E-state index is 0.158. The second kappa shape index (κ2) is 9.19. The molecule has 0 aliphatic rings. The summed E-state index contributed by atoms with van der Waals surface area (Å²) in [5.41, 5.74) is 2.41. The molecule has 0 bridgehead atoms. The van der Waals surface area contributed by atoms with Crippen LogP contribution in [-0.4, -0.2) is 37.3 Å². The summed E-state index contributed by atoms with van der Waals surface area (Å²) in [5, 5.41) is 17.1. The number of anilines is 1. The van der Waals surface area contributed by atoms with Gasteiger partial charge in [0.15, 0.2) is 16.1 Å². The number of carbonyl (C=O) groups is 2. The standard InChI is InChI=1S/C19H22N6O2S2/c1-11-7-5-6-8-14(11)17(27)21-13(3)16-23-24-19(25(16)4)29-10-15(26)22-18-20-12(2)9-28-18/h5-9,13H,10H2,1-4H3,(H,21,27)(H,20,22,26). The maximum atomic E-state index is 12.5. The number of carbonyl (C=O) groups excluding carboxylic acids is 2. The Hall–Kier alpha value is -2.72. The van der Waals surface area contributed by atoms with E-state index < -0.39 is 0 Å². The van der Waals surface area contributed by atoms with Crippen LogP contribution < -0.4 is 10.6 Å². The van der Waals surface area contributed by atoms with Crippen molar-refractivity contribution in [2.24, 2.45) is 7.05 Å². The molecule has 1 aromatic carbocycles. The summed E-state index contributed by atoms with van der Waals surface area (Å²) in [7, 11) is 1.82. The third-order valence-electron chi connectivity index (χ3n) is 4.19. The summed E-state index contributed by atoms with van der Waals surface area (Å²) >= 11 is 2.67. The molecule has 1 atom stereocenters. The van der Waals surface area contributed by atoms with E-state index in [9.17, 15) is 9.59 Å². The van der Waals surface area contributed by atoms with Crippen LogP contribution in [0, 0.1) is 13.8 Å². The molecule has 0 aliphatic heterocycles. The Balaban J connectivity index is 1.59. The largest absolute Gasteiger partial charge is 0.342 e. The monoisotopic (exact) mass is 430 g/mol. The van der Waals surface area contributed by atoms with Gasteiger partial charge in [0, 0.05) is 18.0 Å². The first-order valence-electron chi connectivity index (χ1n) is 8.95. The lowest BCUT2D eigenvalue weighted by atomic mass is 10.1. The zero-order valence-electron chi connectivity index (χ0n) is 16.6. The second-order valence-corrected chi connectivity index (χ2v) is 8.34. The van der Waals surface area contributed by atoms with Gasteiger partial charge in [-0.15, -0.1) is 21.5 Å². The summed E-state index contributed by atoms with van der Waals surface area (Å²) < 4.78 is 1.79. The first-order valence-corrected chi connectivity index (χ1v) is 10.8. The summed E-state index contributed by atoms with van der Waals surface area (Å²) in [6, 6.07) is 7.09. The quantitative estimate of drug-likeness (QED) is 0.559. The molecule has 2 amide bonds. The Morgan fingerprint density at radius 1 is 1.24 bits per heavy atom. The third-order valence-corrected chi connectivity index (χ3v) is 6.09. The van der Waals surface area contributed by atoms with Crippen molar-refractivity contribution in [1.82, 2.24) is 25.1 Å². The Morgan fingerprint density at radius 2 is 2.00 bits per heavy atom. The van der Waals surface area contributed by atoms with E-state index in [-0.39, 0.29) is 23.6 Å². The van der Waals surface area contributed by atoms with Gasteiger partial charge in [-0.05, 0) is 32.4 Å². The average Bonchev–Trinajstić information content (AvgIpc) is 3.25. The number of thiazole rings is 1. The van der Waals surface area contributed by atoms with Crippen LogP contribution in [0.3, 0.4) is 0 Å². The maximum absolute atomic E-state index is 12.5. The van der Waals surface area contributed by atoms with Crippen molar-refractivity contribution >= 4 is 40.0 Å². The minimum Gasteiger partial charge on any atom is -0.342 e. The molecule has 3 aromatic rings. The van der Waals surface area contributed by atoms with E-state index in [0.29, 0.717) is 21.7 Å². The number of rotatable bonds is 7. The summed E-state index contributed by atoms with van der Waals surface area (Å²) in [6.07, 6.45) is 0. The molecular formula is C19H22N6O2S2. The van der Waals surface area contributed by atoms with E-state index >= 15 is 0 Å². The number of nitrogens with one attached hydrogen (secondary N) is 2. The fraction of sp³-hybridized carbons (Fsp3) is 0.316. The lowest BCUT2D eigenvalue weighted by Gasteiger charge is -2.14. The van der Waals surface area contributed by atoms with Crippen molar-refractivity contribution in [3.63, 3.8) is 0 Å². The molecule has 0 spiro atoms. The molecule has 29 heavy (non-hydrogen) atoms. The van der Waals surface area contributed by atoms with Gasteiger partial charge in [0.25, 0.3) is 5.91 Å². The van der Waals surface area contributed by atoms with Crippen molar-refractivity contribution in [3.05, 3.63) is 52.3 Å². The van der Waals surface area contributed by atoms with E-state index in [4.69, 9.17) is 0 Å². The smallest absolute Gasteiger partial charge is 0.252 e. The van der Waals surface area contributed by atoms with E-state index in [0.717, 1.165) is 11.3 Å². The Morgan fingerprint density at radius 3 is 2.69 bits per heavy atom. The number of hydrogen-bond donors (Lipinski definition) is 2. The predicted octanol–water partition coefficient (Wildman–Crippen LogP) is 3.11. The lowest BCUT2D eigenvalue weighted by Crippen LogP contribution is -2.29. The van der Waals surface area contributed by atoms with Crippen molar-refractivity contribution in [3.8, 4) is 0 Å². The number of aryl methyl sites for hydroxylation is 2. The van der Waals surface area contributed by atoms with E-state index in [1.54, 1.807) is 10.6 Å². The molecule has 8 nitrogen and oxygen atoms in total. The summed E-state index contributed by atoms with van der Waals surface area (Å²) in [4.78, 5) is 28.8. The van der Waals surface area contributed by atoms with E-state index in [1.807, 2.05) is 51.4 Å². The zero-order valence-corrected chi connectivity index (χ0v) is 18.2. The molecule has 0 aliphatic carbocycles. The van der Waals surface area contributed by atoms with Crippen LogP contribution in [0.5, 0.6) is 0 Å². The van der Waals surface area contributed by atoms with E-state index in [1.165, 1.54) is 23.1 Å². The van der Waals surface area contributed by atoms with Crippen molar-refractivity contribution < 1.29 is 9.59 Å². The molecule has 0 radical (unpaired) electrons. The molecule has 0 saturated heterocycles. The Bertz CT molecular complexity index is 1030. The first kappa shape index (κ1) is 21.0. The van der Waals surface area contributed by atoms with Crippen molar-refractivity contribution in [1.29, 1.82) is 0 Å². The molecule has 0 saturated carbocycles. The van der Waals surface area contributed by atoms with Crippen LogP contribution in [0.15, 0.2) is 34.8 Å². The van der Waals surface area contributed by atoms with Crippen LogP contribution in [-0.2, 0) is 11.8 Å². The highest BCUT2D eigenvalue weighted by Crippen LogP contribution is 2.21. The summed E-state index contributed by atoms with van der Waals surface area (Å²) in [5.74, 6) is 0.486. The van der Waals surface area contributed by atoms with Crippen molar-refractivity contribution in [2.75, 3.05) is 11.1 Å². The fourth-order valence-electron chi connectivity index (χ4n) is 2.69. The van der Waals surface area contributed by atoms with Gasteiger partial charge in [-0.3, -0.25) is 9.59 Å². The molecule has 1 unspecified atom stereocenters. The van der Waals surface area contributed by atoms with Gasteiger partial charge in [-0.25, -0.2) is 4.98 Å². The Labute approximate surface area is 177 Å². The van der Waals surface area contributed by atoms with Gasteiger partial charge >= 0.3 is 0 Å². The number of amides is 2. The molecule has 2 N–H and O–H groups in total. The lowest BCUT2D eigenvalue weighted by molar-refractivity contribution is -0.113. The van der Waals surface area contributed by atoms with E-state index in [2.05, 4.69) is 25.8 Å². The average molecular weight is 431 g/mol. The summed E-state index contributed by atoms with van der Waals surface area (Å²) in [6.45, 7) is 5.63. The van der Waals surface area contributed by atoms with Crippen LogP contribution in [0.25, 0.3) is 0 Å². The fourth-order valence-corrected chi connectivity index (χ4v) is 4.11. The molecule has 2 aromatic heterocycles. The molecule has 10 heteroatoms. The van der Waals surface area contributed by atoms with Gasteiger partial charge in [0.05, 0.1) is 17.5 Å². The van der Waals surface area contributed by atoms with Crippen LogP contribution >= 0.6 is 23.1 Å². The number of benzene rings is 1. The highest BCUT2D eigenvalue weighted by molar-refractivity contribution is 7.99. The van der Waals surface area contributed by atoms with Gasteiger partial charge in [0.2, 0.25) is 5.91 Å². The predicted molar refractivity (Wildman–Crippen MR) is 114 cm³/mol. The van der Waals surface area contributed by atoms with Gasteiger partial charge in [-0.2, -0.15) is 0 Å². The van der Waals surface area contributed by atoms with Crippen LogP contribution in [0.4, 0.5) is 5.13 Å². The van der Waals surface area contributed by atoms with Gasteiger partial charge < -0.3 is 15.2 Å². The molecule has 152 valence electrons. The minimum atomic E-state index is -0.332. The number of aromatic nitrogens is 4. The SMILES string of the molecule is Cc1csc(NC(=O)CSc2nnc(C(C)NC(=O)c3ccccc3C)n2C)n1.